The highest BCUT2D eigenvalue weighted by atomic mass is 127. The molecule has 0 fully saturated rings. The molecule has 0 saturated carbocycles. The van der Waals surface area contributed by atoms with E-state index in [0.29, 0.717) is 25.7 Å². The molecule has 5 nitrogen and oxygen atoms in total. The summed E-state index contributed by atoms with van der Waals surface area (Å²) in [6.45, 7) is 3.34. The van der Waals surface area contributed by atoms with E-state index < -0.39 is 0 Å². The largest absolute Gasteiger partial charge is 0.491 e. The number of aromatic nitrogens is 1. The van der Waals surface area contributed by atoms with Gasteiger partial charge in [0.2, 0.25) is 0 Å². The second kappa shape index (κ2) is 10.8. The molecular formula is C21H24FIN4O. The predicted molar refractivity (Wildman–Crippen MR) is 122 cm³/mol. The van der Waals surface area contributed by atoms with Crippen molar-refractivity contribution in [1.29, 1.82) is 0 Å². The predicted octanol–water partition coefficient (Wildman–Crippen LogP) is 4.26. The van der Waals surface area contributed by atoms with Crippen LogP contribution in [0.1, 0.15) is 18.1 Å². The molecule has 0 aliphatic carbocycles. The number of para-hydroxylation sites is 1. The van der Waals surface area contributed by atoms with Crippen LogP contribution >= 0.6 is 24.0 Å². The van der Waals surface area contributed by atoms with Crippen LogP contribution in [0.15, 0.2) is 59.7 Å². The highest BCUT2D eigenvalue weighted by molar-refractivity contribution is 14.0. The third kappa shape index (κ3) is 5.54. The van der Waals surface area contributed by atoms with E-state index in [1.165, 1.54) is 6.07 Å². The zero-order valence-corrected chi connectivity index (χ0v) is 18.2. The van der Waals surface area contributed by atoms with Gasteiger partial charge in [-0.1, -0.05) is 24.3 Å². The van der Waals surface area contributed by atoms with E-state index in [0.717, 1.165) is 22.0 Å². The van der Waals surface area contributed by atoms with Crippen molar-refractivity contribution in [3.8, 4) is 5.75 Å². The Morgan fingerprint density at radius 3 is 2.64 bits per heavy atom. The summed E-state index contributed by atoms with van der Waals surface area (Å²) < 4.78 is 19.2. The number of nitrogens with zero attached hydrogens (tertiary/aromatic N) is 2. The third-order valence-electron chi connectivity index (χ3n) is 4.17. The van der Waals surface area contributed by atoms with Crippen LogP contribution in [0.4, 0.5) is 4.39 Å². The van der Waals surface area contributed by atoms with Crippen LogP contribution in [-0.2, 0) is 13.1 Å². The summed E-state index contributed by atoms with van der Waals surface area (Å²) in [6, 6.07) is 15.0. The molecule has 28 heavy (non-hydrogen) atoms. The molecule has 0 aliphatic heterocycles. The van der Waals surface area contributed by atoms with Crippen molar-refractivity contribution in [1.82, 2.24) is 15.6 Å². The monoisotopic (exact) mass is 494 g/mol. The molecule has 0 aliphatic rings. The molecule has 1 aromatic heterocycles. The number of halogens is 2. The van der Waals surface area contributed by atoms with Crippen LogP contribution in [0, 0.1) is 5.82 Å². The number of fused-ring (bicyclic) bond motifs is 1. The van der Waals surface area contributed by atoms with E-state index >= 15 is 0 Å². The van der Waals surface area contributed by atoms with Crippen molar-refractivity contribution in [3.05, 3.63) is 71.7 Å². The minimum atomic E-state index is -0.359. The smallest absolute Gasteiger partial charge is 0.191 e. The summed E-state index contributed by atoms with van der Waals surface area (Å²) in [5, 5.41) is 7.59. The molecule has 0 amide bonds. The van der Waals surface area contributed by atoms with Gasteiger partial charge < -0.3 is 15.4 Å². The summed E-state index contributed by atoms with van der Waals surface area (Å²) in [7, 11) is 1.71. The topological polar surface area (TPSA) is 58.5 Å². The molecule has 0 radical (unpaired) electrons. The molecule has 3 rings (SSSR count). The molecule has 0 atom stereocenters. The van der Waals surface area contributed by atoms with E-state index in [1.54, 1.807) is 19.3 Å². The van der Waals surface area contributed by atoms with E-state index in [-0.39, 0.29) is 35.5 Å². The van der Waals surface area contributed by atoms with Crippen molar-refractivity contribution >= 4 is 40.8 Å². The summed E-state index contributed by atoms with van der Waals surface area (Å²) in [5.74, 6) is 0.556. The van der Waals surface area contributed by atoms with Crippen molar-refractivity contribution in [3.63, 3.8) is 0 Å². The van der Waals surface area contributed by atoms with Gasteiger partial charge in [0.15, 0.2) is 17.5 Å². The third-order valence-corrected chi connectivity index (χ3v) is 4.17. The quantitative estimate of drug-likeness (QED) is 0.306. The molecule has 2 aromatic carbocycles. The Morgan fingerprint density at radius 1 is 1.11 bits per heavy atom. The van der Waals surface area contributed by atoms with Gasteiger partial charge in [0.1, 0.15) is 0 Å². The van der Waals surface area contributed by atoms with Crippen LogP contribution in [0.2, 0.25) is 0 Å². The van der Waals surface area contributed by atoms with Gasteiger partial charge in [-0.05, 0) is 42.3 Å². The molecule has 1 heterocycles. The molecule has 0 unspecified atom stereocenters. The van der Waals surface area contributed by atoms with Crippen LogP contribution < -0.4 is 15.4 Å². The maximum atomic E-state index is 14.0. The standard InChI is InChI=1S/C21H23FN4O.HI/c1-3-27-20-9-8-15(12-18(20)22)13-25-21(23-2)26-14-16-10-11-24-19-7-5-4-6-17(16)19;/h4-12H,3,13-14H2,1-2H3,(H2,23,25,26);1H. The summed E-state index contributed by atoms with van der Waals surface area (Å²) in [4.78, 5) is 8.60. The first-order valence-electron chi connectivity index (χ1n) is 8.89. The van der Waals surface area contributed by atoms with Crippen LogP contribution in [0.25, 0.3) is 10.9 Å². The second-order valence-electron chi connectivity index (χ2n) is 5.96. The zero-order valence-electron chi connectivity index (χ0n) is 15.9. The molecule has 0 bridgehead atoms. The number of pyridine rings is 1. The van der Waals surface area contributed by atoms with Crippen LogP contribution in [0.3, 0.4) is 0 Å². The van der Waals surface area contributed by atoms with Gasteiger partial charge in [0, 0.05) is 31.7 Å². The van der Waals surface area contributed by atoms with Crippen molar-refractivity contribution in [2.45, 2.75) is 20.0 Å². The van der Waals surface area contributed by atoms with Crippen LogP contribution in [-0.4, -0.2) is 24.6 Å². The van der Waals surface area contributed by atoms with E-state index in [9.17, 15) is 4.39 Å². The fraction of sp³-hybridized carbons (Fsp3) is 0.238. The number of hydrogen-bond acceptors (Lipinski definition) is 3. The molecule has 148 valence electrons. The maximum Gasteiger partial charge on any atom is 0.191 e. The highest BCUT2D eigenvalue weighted by Gasteiger charge is 2.06. The van der Waals surface area contributed by atoms with Crippen molar-refractivity contribution < 1.29 is 9.13 Å². The van der Waals surface area contributed by atoms with Crippen LogP contribution in [0.5, 0.6) is 5.75 Å². The van der Waals surface area contributed by atoms with E-state index in [4.69, 9.17) is 4.74 Å². The average molecular weight is 494 g/mol. The first kappa shape index (κ1) is 21.9. The lowest BCUT2D eigenvalue weighted by Gasteiger charge is -2.13. The minimum absolute atomic E-state index is 0. The van der Waals surface area contributed by atoms with Gasteiger partial charge in [-0.25, -0.2) is 4.39 Å². The maximum absolute atomic E-state index is 14.0. The van der Waals surface area contributed by atoms with Gasteiger partial charge in [-0.2, -0.15) is 0 Å². The Hall–Kier alpha value is -2.42. The number of aliphatic imine (C=N–C) groups is 1. The molecule has 0 saturated heterocycles. The number of hydrogen-bond donors (Lipinski definition) is 2. The summed E-state index contributed by atoms with van der Waals surface area (Å²) in [5.41, 5.74) is 2.91. The first-order valence-corrected chi connectivity index (χ1v) is 8.89. The summed E-state index contributed by atoms with van der Waals surface area (Å²) >= 11 is 0. The number of benzene rings is 2. The average Bonchev–Trinajstić information content (AvgIpc) is 2.70. The fourth-order valence-electron chi connectivity index (χ4n) is 2.82. The zero-order chi connectivity index (χ0) is 19.1. The van der Waals surface area contributed by atoms with Gasteiger partial charge >= 0.3 is 0 Å². The Kier molecular flexibility index (Phi) is 8.43. The molecular weight excluding hydrogens is 470 g/mol. The van der Waals surface area contributed by atoms with Gasteiger partial charge in [0.25, 0.3) is 0 Å². The first-order chi connectivity index (χ1) is 13.2. The number of rotatable bonds is 6. The van der Waals surface area contributed by atoms with Gasteiger partial charge in [-0.15, -0.1) is 24.0 Å². The van der Waals surface area contributed by atoms with E-state index in [1.807, 2.05) is 37.3 Å². The highest BCUT2D eigenvalue weighted by Crippen LogP contribution is 2.18. The van der Waals surface area contributed by atoms with Gasteiger partial charge in [-0.3, -0.25) is 9.98 Å². The molecule has 2 N–H and O–H groups in total. The second-order valence-corrected chi connectivity index (χ2v) is 5.96. The Balaban J connectivity index is 0.00000280. The van der Waals surface area contributed by atoms with E-state index in [2.05, 4.69) is 26.7 Å². The minimum Gasteiger partial charge on any atom is -0.491 e. The lowest BCUT2D eigenvalue weighted by molar-refractivity contribution is 0.321. The normalized spacial score (nSPS) is 11.0. The molecule has 0 spiro atoms. The lowest BCUT2D eigenvalue weighted by Crippen LogP contribution is -2.36. The lowest BCUT2D eigenvalue weighted by atomic mass is 10.1. The Bertz CT molecular complexity index is 943. The molecule has 7 heteroatoms. The number of ether oxygens (including phenoxy) is 1. The molecule has 3 aromatic rings. The SMILES string of the molecule is CCOc1ccc(CNC(=NC)NCc2ccnc3ccccc23)cc1F.I. The van der Waals surface area contributed by atoms with Crippen molar-refractivity contribution in [2.75, 3.05) is 13.7 Å². The number of guanidine groups is 1. The Morgan fingerprint density at radius 2 is 1.89 bits per heavy atom. The van der Waals surface area contributed by atoms with Crippen molar-refractivity contribution in [2.24, 2.45) is 4.99 Å². The Labute approximate surface area is 181 Å². The van der Waals surface area contributed by atoms with Gasteiger partial charge in [0.05, 0.1) is 12.1 Å². The number of nitrogens with one attached hydrogen (secondary N) is 2. The summed E-state index contributed by atoms with van der Waals surface area (Å²) in [6.07, 6.45) is 1.80. The fourth-order valence-corrected chi connectivity index (χ4v) is 2.82.